The molecule has 2 amide bonds. The van der Waals surface area contributed by atoms with E-state index in [0.717, 1.165) is 36.1 Å². The lowest BCUT2D eigenvalue weighted by atomic mass is 9.79. The maximum atomic E-state index is 12.5. The topological polar surface area (TPSA) is 109 Å². The van der Waals surface area contributed by atoms with E-state index in [2.05, 4.69) is 5.32 Å². The average molecular weight is 352 g/mol. The fourth-order valence-electron chi connectivity index (χ4n) is 3.73. The van der Waals surface area contributed by atoms with Crippen LogP contribution < -0.4 is 11.1 Å². The van der Waals surface area contributed by atoms with Crippen LogP contribution in [-0.2, 0) is 16.0 Å². The second kappa shape index (κ2) is 7.34. The molecule has 0 aromatic carbocycles. The van der Waals surface area contributed by atoms with Crippen LogP contribution in [0.15, 0.2) is 0 Å². The molecule has 24 heavy (non-hydrogen) atoms. The van der Waals surface area contributed by atoms with E-state index in [1.54, 1.807) is 0 Å². The summed E-state index contributed by atoms with van der Waals surface area (Å²) in [7, 11) is 0. The minimum Gasteiger partial charge on any atom is -0.481 e. The first kappa shape index (κ1) is 18.4. The van der Waals surface area contributed by atoms with Crippen LogP contribution in [0.2, 0.25) is 0 Å². The lowest BCUT2D eigenvalue weighted by Gasteiger charge is -2.26. The van der Waals surface area contributed by atoms with Gasteiger partial charge in [0.2, 0.25) is 5.91 Å². The molecule has 0 atom stereocenters. The number of thiophene rings is 1. The smallest absolute Gasteiger partial charge is 0.303 e. The summed E-state index contributed by atoms with van der Waals surface area (Å²) in [5.74, 6) is -1.67. The summed E-state index contributed by atoms with van der Waals surface area (Å²) in [6.07, 6.45) is 4.23. The normalized spacial score (nSPS) is 16.1. The zero-order valence-corrected chi connectivity index (χ0v) is 14.9. The predicted octanol–water partition coefficient (Wildman–Crippen LogP) is 3.08. The highest BCUT2D eigenvalue weighted by Crippen LogP contribution is 2.44. The number of hydrogen-bond acceptors (Lipinski definition) is 4. The number of carboxylic acids is 1. The van der Waals surface area contributed by atoms with Crippen LogP contribution in [0.5, 0.6) is 0 Å². The zero-order valence-electron chi connectivity index (χ0n) is 14.1. The summed E-state index contributed by atoms with van der Waals surface area (Å²) < 4.78 is 0. The molecule has 1 fully saturated rings. The van der Waals surface area contributed by atoms with Gasteiger partial charge in [-0.05, 0) is 37.2 Å². The number of carbonyl (C=O) groups is 3. The van der Waals surface area contributed by atoms with E-state index in [1.165, 1.54) is 11.3 Å². The monoisotopic (exact) mass is 352 g/mol. The summed E-state index contributed by atoms with van der Waals surface area (Å²) in [5, 5.41) is 12.4. The van der Waals surface area contributed by atoms with Crippen molar-refractivity contribution in [3.8, 4) is 0 Å². The molecule has 1 aliphatic rings. The van der Waals surface area contributed by atoms with E-state index >= 15 is 0 Å². The molecule has 1 aliphatic carbocycles. The average Bonchev–Trinajstić information content (AvgIpc) is 3.02. The Bertz CT molecular complexity index is 660. The van der Waals surface area contributed by atoms with E-state index in [-0.39, 0.29) is 18.7 Å². The third-order valence-electron chi connectivity index (χ3n) is 4.79. The van der Waals surface area contributed by atoms with Crippen molar-refractivity contribution in [1.29, 1.82) is 0 Å². The number of aliphatic carboxylic acids is 1. The fourth-order valence-corrected chi connectivity index (χ4v) is 4.89. The van der Waals surface area contributed by atoms with E-state index in [0.29, 0.717) is 17.0 Å². The molecule has 132 valence electrons. The second-order valence-electron chi connectivity index (χ2n) is 6.56. The van der Waals surface area contributed by atoms with Gasteiger partial charge in [0.15, 0.2) is 0 Å². The van der Waals surface area contributed by atoms with Gasteiger partial charge in [0, 0.05) is 11.3 Å². The van der Waals surface area contributed by atoms with E-state index in [9.17, 15) is 14.4 Å². The Morgan fingerprint density at radius 3 is 2.38 bits per heavy atom. The van der Waals surface area contributed by atoms with Crippen molar-refractivity contribution >= 4 is 34.1 Å². The minimum absolute atomic E-state index is 0.00672. The van der Waals surface area contributed by atoms with E-state index < -0.39 is 17.3 Å². The minimum atomic E-state index is -0.872. The third kappa shape index (κ3) is 3.95. The Morgan fingerprint density at radius 2 is 1.88 bits per heavy atom. The van der Waals surface area contributed by atoms with Crippen LogP contribution in [0.25, 0.3) is 0 Å². The lowest BCUT2D eigenvalue weighted by molar-refractivity contribution is -0.140. The molecule has 0 unspecified atom stereocenters. The fraction of sp³-hybridized carbons (Fsp3) is 0.588. The highest BCUT2D eigenvalue weighted by molar-refractivity contribution is 7.16. The molecule has 1 heterocycles. The molecule has 6 nitrogen and oxygen atoms in total. The van der Waals surface area contributed by atoms with Gasteiger partial charge in [0.1, 0.15) is 5.00 Å². The van der Waals surface area contributed by atoms with Crippen LogP contribution >= 0.6 is 11.3 Å². The Kier molecular flexibility index (Phi) is 5.64. The molecule has 0 spiro atoms. The predicted molar refractivity (Wildman–Crippen MR) is 93.4 cm³/mol. The molecule has 1 aromatic rings. The van der Waals surface area contributed by atoms with E-state index in [4.69, 9.17) is 10.8 Å². The van der Waals surface area contributed by atoms with Gasteiger partial charge in [0.05, 0.1) is 12.0 Å². The molecule has 0 radical (unpaired) electrons. The SMILES string of the molecule is CCc1c(C)sc(NC(=O)CC2(CC(=O)O)CCCC2)c1C(N)=O. The summed E-state index contributed by atoms with van der Waals surface area (Å²) >= 11 is 1.34. The van der Waals surface area contributed by atoms with Gasteiger partial charge in [-0.15, -0.1) is 11.3 Å². The van der Waals surface area contributed by atoms with Crippen LogP contribution in [-0.4, -0.2) is 22.9 Å². The number of amides is 2. The number of carboxylic acid groups (broad SMARTS) is 1. The van der Waals surface area contributed by atoms with Crippen LogP contribution in [0.3, 0.4) is 0 Å². The molecule has 0 aliphatic heterocycles. The summed E-state index contributed by atoms with van der Waals surface area (Å²) in [4.78, 5) is 36.3. The van der Waals surface area contributed by atoms with Crippen LogP contribution in [0.4, 0.5) is 5.00 Å². The van der Waals surface area contributed by atoms with Gasteiger partial charge < -0.3 is 16.2 Å². The first-order valence-electron chi connectivity index (χ1n) is 8.21. The van der Waals surface area contributed by atoms with Gasteiger partial charge in [-0.25, -0.2) is 0 Å². The number of hydrogen-bond donors (Lipinski definition) is 3. The van der Waals surface area contributed by atoms with Gasteiger partial charge in [0.25, 0.3) is 5.91 Å². The summed E-state index contributed by atoms with van der Waals surface area (Å²) in [5.41, 5.74) is 6.25. The molecule has 1 aromatic heterocycles. The standard InChI is InChI=1S/C17H24N2O4S/c1-3-11-10(2)24-16(14(11)15(18)23)19-12(20)8-17(9-13(21)22)6-4-5-7-17/h3-9H2,1-2H3,(H2,18,23)(H,19,20)(H,21,22). The van der Waals surface area contributed by atoms with Crippen molar-refractivity contribution in [3.63, 3.8) is 0 Å². The van der Waals surface area contributed by atoms with Crippen molar-refractivity contribution in [3.05, 3.63) is 16.0 Å². The quantitative estimate of drug-likeness (QED) is 0.700. The molecule has 2 rings (SSSR count). The first-order valence-corrected chi connectivity index (χ1v) is 9.03. The Morgan fingerprint density at radius 1 is 1.25 bits per heavy atom. The molecule has 7 heteroatoms. The lowest BCUT2D eigenvalue weighted by Crippen LogP contribution is -2.28. The molecule has 4 N–H and O–H groups in total. The summed E-state index contributed by atoms with van der Waals surface area (Å²) in [6, 6.07) is 0. The van der Waals surface area contributed by atoms with Crippen molar-refractivity contribution in [2.45, 2.75) is 58.8 Å². The van der Waals surface area contributed by atoms with Crippen molar-refractivity contribution in [2.75, 3.05) is 5.32 Å². The highest BCUT2D eigenvalue weighted by atomic mass is 32.1. The third-order valence-corrected chi connectivity index (χ3v) is 5.85. The first-order chi connectivity index (χ1) is 11.3. The number of primary amides is 1. The van der Waals surface area contributed by atoms with Gasteiger partial charge in [-0.2, -0.15) is 0 Å². The molecule has 0 saturated heterocycles. The van der Waals surface area contributed by atoms with E-state index in [1.807, 2.05) is 13.8 Å². The Balaban J connectivity index is 2.18. The maximum Gasteiger partial charge on any atom is 0.303 e. The van der Waals surface area contributed by atoms with Crippen molar-refractivity contribution in [2.24, 2.45) is 11.1 Å². The van der Waals surface area contributed by atoms with Gasteiger partial charge >= 0.3 is 5.97 Å². The van der Waals surface area contributed by atoms with Crippen molar-refractivity contribution in [1.82, 2.24) is 0 Å². The van der Waals surface area contributed by atoms with Crippen LogP contribution in [0.1, 0.15) is 66.2 Å². The van der Waals surface area contributed by atoms with Crippen LogP contribution in [0, 0.1) is 12.3 Å². The largest absolute Gasteiger partial charge is 0.481 e. The molecule has 1 saturated carbocycles. The molecular weight excluding hydrogens is 328 g/mol. The number of rotatable bonds is 7. The second-order valence-corrected chi connectivity index (χ2v) is 7.79. The molecule has 0 bridgehead atoms. The van der Waals surface area contributed by atoms with Crippen molar-refractivity contribution < 1.29 is 19.5 Å². The number of nitrogens with two attached hydrogens (primary N) is 1. The molecular formula is C17H24N2O4S. The maximum absolute atomic E-state index is 12.5. The Hall–Kier alpha value is -1.89. The van der Waals surface area contributed by atoms with Gasteiger partial charge in [-0.3, -0.25) is 14.4 Å². The number of aryl methyl sites for hydroxylation is 1. The number of carbonyl (C=O) groups excluding carboxylic acids is 2. The highest BCUT2D eigenvalue weighted by Gasteiger charge is 2.38. The summed E-state index contributed by atoms with van der Waals surface area (Å²) in [6.45, 7) is 3.84. The Labute approximate surface area is 145 Å². The number of anilines is 1. The van der Waals surface area contributed by atoms with Gasteiger partial charge in [-0.1, -0.05) is 19.8 Å². The zero-order chi connectivity index (χ0) is 17.9. The number of nitrogens with one attached hydrogen (secondary N) is 1.